The predicted octanol–water partition coefficient (Wildman–Crippen LogP) is 4.15. The summed E-state index contributed by atoms with van der Waals surface area (Å²) in [6, 6.07) is 8.38. The van der Waals surface area contributed by atoms with Gasteiger partial charge in [-0.15, -0.1) is 0 Å². The van der Waals surface area contributed by atoms with Crippen molar-refractivity contribution in [3.63, 3.8) is 0 Å². The van der Waals surface area contributed by atoms with Gasteiger partial charge in [0.25, 0.3) is 0 Å². The number of alkyl halides is 3. The van der Waals surface area contributed by atoms with Crippen molar-refractivity contribution in [3.8, 4) is 0 Å². The van der Waals surface area contributed by atoms with Gasteiger partial charge in [-0.25, -0.2) is 8.42 Å². The Morgan fingerprint density at radius 1 is 1.12 bits per heavy atom. The van der Waals surface area contributed by atoms with E-state index in [0.29, 0.717) is 31.0 Å². The summed E-state index contributed by atoms with van der Waals surface area (Å²) in [6.45, 7) is 5.10. The molecular weight excluding hydrogens is 351 g/mol. The van der Waals surface area contributed by atoms with Crippen molar-refractivity contribution >= 4 is 9.84 Å². The zero-order valence-electron chi connectivity index (χ0n) is 14.7. The Morgan fingerprint density at radius 3 is 2.20 bits per heavy atom. The minimum Gasteiger partial charge on any atom is -0.303 e. The monoisotopic (exact) mass is 377 g/mol. The molecule has 0 bridgehead atoms. The van der Waals surface area contributed by atoms with Crippen LogP contribution in [0, 0.1) is 11.8 Å². The van der Waals surface area contributed by atoms with Crippen molar-refractivity contribution in [2.24, 2.45) is 11.8 Å². The SMILES string of the molecule is CC(CCN1CCC(C(F)(F)F)CC1)C(C)S(=O)(=O)c1ccccc1. The zero-order chi connectivity index (χ0) is 18.7. The number of likely N-dealkylation sites (tertiary alicyclic amines) is 1. The van der Waals surface area contributed by atoms with Crippen molar-refractivity contribution in [2.45, 2.75) is 49.4 Å². The molecule has 1 aliphatic rings. The van der Waals surface area contributed by atoms with Crippen LogP contribution in [0.1, 0.15) is 33.1 Å². The molecule has 0 N–H and O–H groups in total. The van der Waals surface area contributed by atoms with Crippen LogP contribution in [0.4, 0.5) is 13.2 Å². The Hall–Kier alpha value is -1.08. The molecule has 1 saturated heterocycles. The first-order chi connectivity index (χ1) is 11.6. The molecule has 25 heavy (non-hydrogen) atoms. The first-order valence-electron chi connectivity index (χ1n) is 8.70. The molecule has 1 fully saturated rings. The molecule has 1 aliphatic heterocycles. The molecule has 1 aromatic rings. The van der Waals surface area contributed by atoms with E-state index in [1.54, 1.807) is 37.3 Å². The summed E-state index contributed by atoms with van der Waals surface area (Å²) < 4.78 is 63.4. The fourth-order valence-corrected chi connectivity index (χ4v) is 4.95. The standard InChI is InChI=1S/C18H26F3NO2S/c1-14(15(2)25(23,24)17-6-4-3-5-7-17)8-11-22-12-9-16(10-13-22)18(19,20)21/h3-7,14-16H,8-13H2,1-2H3. The Labute approximate surface area is 148 Å². The maximum Gasteiger partial charge on any atom is 0.391 e. The fraction of sp³-hybridized carbons (Fsp3) is 0.667. The Balaban J connectivity index is 1.85. The maximum absolute atomic E-state index is 12.7. The summed E-state index contributed by atoms with van der Waals surface area (Å²) in [7, 11) is -3.39. The summed E-state index contributed by atoms with van der Waals surface area (Å²) in [5.41, 5.74) is 0. The normalized spacial score (nSPS) is 20.4. The van der Waals surface area contributed by atoms with E-state index >= 15 is 0 Å². The van der Waals surface area contributed by atoms with Crippen LogP contribution < -0.4 is 0 Å². The van der Waals surface area contributed by atoms with E-state index in [0.717, 1.165) is 0 Å². The molecule has 0 aromatic heterocycles. The van der Waals surface area contributed by atoms with Gasteiger partial charge in [0.1, 0.15) is 0 Å². The van der Waals surface area contributed by atoms with Gasteiger partial charge >= 0.3 is 6.18 Å². The third-order valence-electron chi connectivity index (χ3n) is 5.31. The van der Waals surface area contributed by atoms with Crippen molar-refractivity contribution in [2.75, 3.05) is 19.6 Å². The van der Waals surface area contributed by atoms with Crippen molar-refractivity contribution in [3.05, 3.63) is 30.3 Å². The topological polar surface area (TPSA) is 37.4 Å². The minimum absolute atomic E-state index is 0.0643. The highest BCUT2D eigenvalue weighted by Crippen LogP contribution is 2.34. The Kier molecular flexibility index (Phi) is 6.54. The van der Waals surface area contributed by atoms with Crippen LogP contribution >= 0.6 is 0 Å². The molecule has 1 heterocycles. The summed E-state index contributed by atoms with van der Waals surface area (Å²) in [5, 5.41) is -0.525. The number of benzene rings is 1. The predicted molar refractivity (Wildman–Crippen MR) is 92.1 cm³/mol. The summed E-state index contributed by atoms with van der Waals surface area (Å²) in [6.07, 6.45) is -3.17. The largest absolute Gasteiger partial charge is 0.391 e. The van der Waals surface area contributed by atoms with E-state index in [9.17, 15) is 21.6 Å². The Morgan fingerprint density at radius 2 is 1.68 bits per heavy atom. The number of rotatable bonds is 6. The highest BCUT2D eigenvalue weighted by molar-refractivity contribution is 7.92. The summed E-state index contributed by atoms with van der Waals surface area (Å²) in [5.74, 6) is -1.26. The lowest BCUT2D eigenvalue weighted by atomic mass is 9.95. The quantitative estimate of drug-likeness (QED) is 0.747. The number of piperidine rings is 1. The van der Waals surface area contributed by atoms with Crippen LogP contribution in [0.3, 0.4) is 0 Å². The fourth-order valence-electron chi connectivity index (χ4n) is 3.24. The third kappa shape index (κ3) is 5.20. The average Bonchev–Trinajstić information content (AvgIpc) is 2.59. The first-order valence-corrected chi connectivity index (χ1v) is 10.2. The molecule has 1 aromatic carbocycles. The number of halogens is 3. The summed E-state index contributed by atoms with van der Waals surface area (Å²) in [4.78, 5) is 2.33. The van der Waals surface area contributed by atoms with E-state index in [4.69, 9.17) is 0 Å². The second-order valence-corrected chi connectivity index (χ2v) is 9.29. The molecule has 0 amide bonds. The molecule has 7 heteroatoms. The molecule has 2 atom stereocenters. The van der Waals surface area contributed by atoms with E-state index in [2.05, 4.69) is 0 Å². The van der Waals surface area contributed by atoms with Gasteiger partial charge in [0, 0.05) is 0 Å². The lowest BCUT2D eigenvalue weighted by Crippen LogP contribution is -2.40. The Bertz CT molecular complexity index is 638. The molecule has 2 unspecified atom stereocenters. The summed E-state index contributed by atoms with van der Waals surface area (Å²) >= 11 is 0. The van der Waals surface area contributed by atoms with Gasteiger partial charge in [0.05, 0.1) is 16.1 Å². The van der Waals surface area contributed by atoms with Crippen LogP contribution in [-0.2, 0) is 9.84 Å². The van der Waals surface area contributed by atoms with Gasteiger partial charge in [0.15, 0.2) is 9.84 Å². The molecule has 142 valence electrons. The molecule has 0 saturated carbocycles. The van der Waals surface area contributed by atoms with Crippen LogP contribution in [-0.4, -0.2) is 44.4 Å². The van der Waals surface area contributed by atoms with E-state index in [1.165, 1.54) is 0 Å². The second kappa shape index (κ2) is 8.08. The van der Waals surface area contributed by atoms with Gasteiger partial charge < -0.3 is 4.90 Å². The average molecular weight is 377 g/mol. The zero-order valence-corrected chi connectivity index (χ0v) is 15.5. The van der Waals surface area contributed by atoms with Crippen molar-refractivity contribution < 1.29 is 21.6 Å². The van der Waals surface area contributed by atoms with Crippen LogP contribution in [0.2, 0.25) is 0 Å². The van der Waals surface area contributed by atoms with Gasteiger partial charge in [-0.05, 0) is 63.9 Å². The van der Waals surface area contributed by atoms with E-state index < -0.39 is 27.2 Å². The molecular formula is C18H26F3NO2S. The van der Waals surface area contributed by atoms with Crippen LogP contribution in [0.25, 0.3) is 0 Å². The highest BCUT2D eigenvalue weighted by Gasteiger charge is 2.41. The van der Waals surface area contributed by atoms with Crippen molar-refractivity contribution in [1.29, 1.82) is 0 Å². The smallest absolute Gasteiger partial charge is 0.303 e. The lowest BCUT2D eigenvalue weighted by Gasteiger charge is -2.33. The van der Waals surface area contributed by atoms with Crippen molar-refractivity contribution in [1.82, 2.24) is 4.90 Å². The lowest BCUT2D eigenvalue weighted by molar-refractivity contribution is -0.185. The van der Waals surface area contributed by atoms with Gasteiger partial charge in [-0.2, -0.15) is 13.2 Å². The first kappa shape index (κ1) is 20.2. The minimum atomic E-state index is -4.10. The number of sulfone groups is 1. The van der Waals surface area contributed by atoms with E-state index in [1.807, 2.05) is 11.8 Å². The third-order valence-corrected chi connectivity index (χ3v) is 7.69. The highest BCUT2D eigenvalue weighted by atomic mass is 32.2. The number of hydrogen-bond acceptors (Lipinski definition) is 3. The maximum atomic E-state index is 12.7. The molecule has 3 nitrogen and oxygen atoms in total. The molecule has 0 aliphatic carbocycles. The van der Waals surface area contributed by atoms with Crippen LogP contribution in [0.5, 0.6) is 0 Å². The molecule has 2 rings (SSSR count). The van der Waals surface area contributed by atoms with Gasteiger partial charge in [-0.1, -0.05) is 25.1 Å². The number of hydrogen-bond donors (Lipinski definition) is 0. The van der Waals surface area contributed by atoms with Crippen LogP contribution in [0.15, 0.2) is 35.2 Å². The number of nitrogens with zero attached hydrogens (tertiary/aromatic N) is 1. The van der Waals surface area contributed by atoms with E-state index in [-0.39, 0.29) is 18.8 Å². The molecule has 0 radical (unpaired) electrons. The van der Waals surface area contributed by atoms with Gasteiger partial charge in [-0.3, -0.25) is 0 Å². The van der Waals surface area contributed by atoms with Gasteiger partial charge in [0.2, 0.25) is 0 Å². The second-order valence-electron chi connectivity index (χ2n) is 6.99. The molecule has 0 spiro atoms.